The topological polar surface area (TPSA) is 84.9 Å². The number of rotatable bonds is 5. The molecule has 1 fully saturated rings. The van der Waals surface area contributed by atoms with Crippen LogP contribution in [0.1, 0.15) is 12.0 Å². The summed E-state index contributed by atoms with van der Waals surface area (Å²) in [4.78, 5) is 37.4. The largest absolute Gasteiger partial charge is 0.444 e. The first-order valence-corrected chi connectivity index (χ1v) is 8.22. The standard InChI is InChI=1S/C19H17FN2O5/c20-14-6-8-15(9-7-14)21-17(23)10-16-18(24)27-12-22(16)19(25)26-11-13-4-2-1-3-5-13/h1-9,16H,10-12H2,(H,21,23)/t16-/m1/s1. The predicted octanol–water partition coefficient (Wildman–Crippen LogP) is 2.68. The van der Waals surface area contributed by atoms with Crippen LogP contribution in [0.2, 0.25) is 0 Å². The van der Waals surface area contributed by atoms with Gasteiger partial charge in [0.25, 0.3) is 0 Å². The molecule has 0 bridgehead atoms. The van der Waals surface area contributed by atoms with Crippen LogP contribution < -0.4 is 5.32 Å². The normalized spacial score (nSPS) is 16.0. The van der Waals surface area contributed by atoms with Crippen LogP contribution in [0.25, 0.3) is 0 Å². The van der Waals surface area contributed by atoms with E-state index in [2.05, 4.69) is 5.32 Å². The molecule has 2 aromatic rings. The second kappa shape index (κ2) is 8.31. The molecule has 2 aromatic carbocycles. The first kappa shape index (κ1) is 18.4. The van der Waals surface area contributed by atoms with Crippen molar-refractivity contribution in [1.82, 2.24) is 4.90 Å². The van der Waals surface area contributed by atoms with Gasteiger partial charge in [-0.15, -0.1) is 0 Å². The molecule has 1 aliphatic heterocycles. The number of amides is 2. The highest BCUT2D eigenvalue weighted by Crippen LogP contribution is 2.18. The smallest absolute Gasteiger partial charge is 0.413 e. The van der Waals surface area contributed by atoms with Crippen molar-refractivity contribution in [2.75, 3.05) is 12.0 Å². The lowest BCUT2D eigenvalue weighted by atomic mass is 10.2. The molecule has 0 aliphatic carbocycles. The predicted molar refractivity (Wildman–Crippen MR) is 92.9 cm³/mol. The van der Waals surface area contributed by atoms with Gasteiger partial charge in [-0.2, -0.15) is 0 Å². The zero-order valence-electron chi connectivity index (χ0n) is 14.3. The second-order valence-electron chi connectivity index (χ2n) is 5.88. The van der Waals surface area contributed by atoms with E-state index in [0.29, 0.717) is 5.69 Å². The second-order valence-corrected chi connectivity index (χ2v) is 5.88. The molecule has 1 heterocycles. The van der Waals surface area contributed by atoms with Crippen LogP contribution >= 0.6 is 0 Å². The number of hydrogen-bond acceptors (Lipinski definition) is 5. The van der Waals surface area contributed by atoms with Gasteiger partial charge in [-0.3, -0.25) is 9.69 Å². The number of nitrogens with zero attached hydrogens (tertiary/aromatic N) is 1. The molecule has 140 valence electrons. The maximum absolute atomic E-state index is 12.9. The Kier molecular flexibility index (Phi) is 5.65. The Bertz CT molecular complexity index is 826. The van der Waals surface area contributed by atoms with Crippen LogP contribution in [0.15, 0.2) is 54.6 Å². The molecule has 27 heavy (non-hydrogen) atoms. The zero-order chi connectivity index (χ0) is 19.2. The van der Waals surface area contributed by atoms with Gasteiger partial charge in [0.15, 0.2) is 6.73 Å². The molecule has 1 aliphatic rings. The summed E-state index contributed by atoms with van der Waals surface area (Å²) in [5.41, 5.74) is 1.17. The summed E-state index contributed by atoms with van der Waals surface area (Å²) >= 11 is 0. The number of carbonyl (C=O) groups excluding carboxylic acids is 3. The van der Waals surface area contributed by atoms with Crippen LogP contribution in [0.3, 0.4) is 0 Å². The molecule has 0 saturated carbocycles. The highest BCUT2D eigenvalue weighted by atomic mass is 19.1. The summed E-state index contributed by atoms with van der Waals surface area (Å²) in [5, 5.41) is 2.54. The number of esters is 1. The fraction of sp³-hybridized carbons (Fsp3) is 0.211. The van der Waals surface area contributed by atoms with Gasteiger partial charge >= 0.3 is 12.1 Å². The number of hydrogen-bond donors (Lipinski definition) is 1. The minimum absolute atomic E-state index is 0.0405. The van der Waals surface area contributed by atoms with E-state index in [4.69, 9.17) is 9.47 Å². The molecule has 0 aromatic heterocycles. The molecule has 3 rings (SSSR count). The van der Waals surface area contributed by atoms with E-state index >= 15 is 0 Å². The molecule has 1 saturated heterocycles. The number of ether oxygens (including phenoxy) is 2. The SMILES string of the molecule is O=C(C[C@@H]1C(=O)OCN1C(=O)OCc1ccccc1)Nc1ccc(F)cc1. The van der Waals surface area contributed by atoms with E-state index in [0.717, 1.165) is 10.5 Å². The quantitative estimate of drug-likeness (QED) is 0.816. The van der Waals surface area contributed by atoms with Gasteiger partial charge < -0.3 is 14.8 Å². The van der Waals surface area contributed by atoms with Crippen molar-refractivity contribution in [3.8, 4) is 0 Å². The van der Waals surface area contributed by atoms with E-state index in [9.17, 15) is 18.8 Å². The lowest BCUT2D eigenvalue weighted by molar-refractivity contribution is -0.140. The summed E-state index contributed by atoms with van der Waals surface area (Å²) in [6.45, 7) is -0.236. The first-order chi connectivity index (χ1) is 13.0. The van der Waals surface area contributed by atoms with Crippen molar-refractivity contribution in [1.29, 1.82) is 0 Å². The van der Waals surface area contributed by atoms with Crippen molar-refractivity contribution in [3.05, 3.63) is 66.0 Å². The Hall–Kier alpha value is -3.42. The van der Waals surface area contributed by atoms with Gasteiger partial charge in [0.2, 0.25) is 5.91 Å². The monoisotopic (exact) mass is 372 g/mol. The summed E-state index contributed by atoms with van der Waals surface area (Å²) in [5.74, 6) is -1.62. The van der Waals surface area contributed by atoms with Gasteiger partial charge in [0.05, 0.1) is 6.42 Å². The summed E-state index contributed by atoms with van der Waals surface area (Å²) in [7, 11) is 0. The Labute approximate surface area is 154 Å². The summed E-state index contributed by atoms with van der Waals surface area (Å²) < 4.78 is 23.0. The zero-order valence-corrected chi connectivity index (χ0v) is 14.3. The third-order valence-corrected chi connectivity index (χ3v) is 3.94. The Morgan fingerprint density at radius 2 is 1.85 bits per heavy atom. The first-order valence-electron chi connectivity index (χ1n) is 8.22. The Morgan fingerprint density at radius 3 is 2.56 bits per heavy atom. The number of cyclic esters (lactones) is 1. The van der Waals surface area contributed by atoms with Crippen molar-refractivity contribution in [2.45, 2.75) is 19.1 Å². The summed E-state index contributed by atoms with van der Waals surface area (Å²) in [6.07, 6.45) is -1.04. The number of nitrogens with one attached hydrogen (secondary N) is 1. The van der Waals surface area contributed by atoms with Crippen LogP contribution in [0.5, 0.6) is 0 Å². The highest BCUT2D eigenvalue weighted by molar-refractivity contribution is 5.95. The van der Waals surface area contributed by atoms with Crippen LogP contribution in [-0.2, 0) is 25.7 Å². The van der Waals surface area contributed by atoms with Gasteiger partial charge in [-0.25, -0.2) is 14.0 Å². The molecule has 0 unspecified atom stereocenters. The van der Waals surface area contributed by atoms with Gasteiger partial charge in [0, 0.05) is 5.69 Å². The molecule has 1 N–H and O–H groups in total. The number of halogens is 1. The average Bonchev–Trinajstić information content (AvgIpc) is 3.03. The van der Waals surface area contributed by atoms with E-state index < -0.39 is 29.8 Å². The van der Waals surface area contributed by atoms with Crippen LogP contribution in [0, 0.1) is 5.82 Å². The lowest BCUT2D eigenvalue weighted by Gasteiger charge is -2.19. The van der Waals surface area contributed by atoms with Gasteiger partial charge in [0.1, 0.15) is 18.5 Å². The Morgan fingerprint density at radius 1 is 1.15 bits per heavy atom. The maximum Gasteiger partial charge on any atom is 0.413 e. The Balaban J connectivity index is 1.57. The molecule has 2 amide bonds. The summed E-state index contributed by atoms with van der Waals surface area (Å²) in [6, 6.07) is 13.2. The number of benzene rings is 2. The van der Waals surface area contributed by atoms with Crippen LogP contribution in [0.4, 0.5) is 14.9 Å². The number of anilines is 1. The molecule has 1 atom stereocenters. The molecular weight excluding hydrogens is 355 g/mol. The van der Waals surface area contributed by atoms with Crippen molar-refractivity contribution in [3.63, 3.8) is 0 Å². The minimum Gasteiger partial charge on any atom is -0.444 e. The minimum atomic E-state index is -1.08. The maximum atomic E-state index is 12.9. The average molecular weight is 372 g/mol. The highest BCUT2D eigenvalue weighted by Gasteiger charge is 2.40. The number of carbonyl (C=O) groups is 3. The fourth-order valence-electron chi connectivity index (χ4n) is 2.54. The van der Waals surface area contributed by atoms with E-state index in [1.54, 1.807) is 12.1 Å². The van der Waals surface area contributed by atoms with Crippen LogP contribution in [-0.4, -0.2) is 35.6 Å². The van der Waals surface area contributed by atoms with Gasteiger partial charge in [-0.1, -0.05) is 30.3 Å². The fourth-order valence-corrected chi connectivity index (χ4v) is 2.54. The molecule has 7 nitrogen and oxygen atoms in total. The van der Waals surface area contributed by atoms with Crippen molar-refractivity contribution in [2.24, 2.45) is 0 Å². The van der Waals surface area contributed by atoms with Gasteiger partial charge in [-0.05, 0) is 29.8 Å². The molecule has 0 spiro atoms. The third-order valence-electron chi connectivity index (χ3n) is 3.94. The molecule has 8 heteroatoms. The molecule has 0 radical (unpaired) electrons. The molecular formula is C19H17FN2O5. The van der Waals surface area contributed by atoms with Crippen molar-refractivity contribution < 1.29 is 28.2 Å². The van der Waals surface area contributed by atoms with Crippen molar-refractivity contribution >= 4 is 23.7 Å². The van der Waals surface area contributed by atoms with E-state index in [1.165, 1.54) is 24.3 Å². The lowest BCUT2D eigenvalue weighted by Crippen LogP contribution is -2.40. The van der Waals surface area contributed by atoms with E-state index in [1.807, 2.05) is 18.2 Å². The van der Waals surface area contributed by atoms with E-state index in [-0.39, 0.29) is 19.8 Å². The third kappa shape index (κ3) is 4.81.